The number of amides is 1. The second-order valence-corrected chi connectivity index (χ2v) is 4.30. The highest BCUT2D eigenvalue weighted by atomic mass is 32.1. The zero-order valence-corrected chi connectivity index (χ0v) is 10.6. The Bertz CT molecular complexity index is 414. The summed E-state index contributed by atoms with van der Waals surface area (Å²) >= 11 is 1.11. The Labute approximate surface area is 103 Å². The molecular formula is C11H15NO4S. The summed E-state index contributed by atoms with van der Waals surface area (Å²) in [4.78, 5) is 22.6. The summed E-state index contributed by atoms with van der Waals surface area (Å²) in [5, 5.41) is 13.3. The van der Waals surface area contributed by atoms with Gasteiger partial charge in [0.2, 0.25) is 5.91 Å². The fourth-order valence-electron chi connectivity index (χ4n) is 1.27. The number of hydrogen-bond donors (Lipinski definition) is 2. The van der Waals surface area contributed by atoms with Crippen LogP contribution in [-0.4, -0.2) is 30.2 Å². The molecule has 17 heavy (non-hydrogen) atoms. The van der Waals surface area contributed by atoms with E-state index in [1.807, 2.05) is 6.92 Å². The van der Waals surface area contributed by atoms with E-state index in [0.29, 0.717) is 18.9 Å². The first-order valence-electron chi connectivity index (χ1n) is 5.25. The topological polar surface area (TPSA) is 75.6 Å². The van der Waals surface area contributed by atoms with Crippen LogP contribution in [0.5, 0.6) is 0 Å². The standard InChI is InChI=1S/C11H15NO4S/c1-3-16-5-4-8(13)12-9-7(2)6-17-10(9)11(14)15/h6H,3-5H2,1-2H3,(H,12,13)(H,14,15). The Hall–Kier alpha value is -1.40. The summed E-state index contributed by atoms with van der Waals surface area (Å²) in [5.74, 6) is -1.26. The van der Waals surface area contributed by atoms with E-state index in [1.54, 1.807) is 12.3 Å². The minimum Gasteiger partial charge on any atom is -0.477 e. The number of anilines is 1. The van der Waals surface area contributed by atoms with E-state index in [2.05, 4.69) is 5.32 Å². The molecule has 1 amide bonds. The van der Waals surface area contributed by atoms with Crippen LogP contribution in [0.1, 0.15) is 28.6 Å². The molecule has 0 saturated heterocycles. The smallest absolute Gasteiger partial charge is 0.348 e. The second-order valence-electron chi connectivity index (χ2n) is 3.42. The summed E-state index contributed by atoms with van der Waals surface area (Å²) in [6.07, 6.45) is 0.224. The minimum atomic E-state index is -1.02. The molecule has 0 bridgehead atoms. The van der Waals surface area contributed by atoms with Gasteiger partial charge in [0.05, 0.1) is 18.7 Å². The van der Waals surface area contributed by atoms with E-state index in [-0.39, 0.29) is 17.2 Å². The number of rotatable bonds is 6. The molecule has 1 heterocycles. The zero-order chi connectivity index (χ0) is 12.8. The largest absolute Gasteiger partial charge is 0.477 e. The Kier molecular flexibility index (Phi) is 5.11. The molecule has 1 aromatic heterocycles. The fraction of sp³-hybridized carbons (Fsp3) is 0.455. The van der Waals surface area contributed by atoms with E-state index in [4.69, 9.17) is 9.84 Å². The monoisotopic (exact) mass is 257 g/mol. The average Bonchev–Trinajstić information content (AvgIpc) is 2.61. The Morgan fingerprint density at radius 3 is 2.82 bits per heavy atom. The average molecular weight is 257 g/mol. The number of carbonyl (C=O) groups is 2. The Balaban J connectivity index is 2.64. The summed E-state index contributed by atoms with van der Waals surface area (Å²) < 4.78 is 5.06. The van der Waals surface area contributed by atoms with Crippen LogP contribution in [0.15, 0.2) is 5.38 Å². The maximum Gasteiger partial charge on any atom is 0.348 e. The van der Waals surface area contributed by atoms with Crippen LogP contribution in [0.3, 0.4) is 0 Å². The molecule has 1 aromatic rings. The van der Waals surface area contributed by atoms with Gasteiger partial charge in [-0.05, 0) is 24.8 Å². The highest BCUT2D eigenvalue weighted by molar-refractivity contribution is 7.12. The number of aryl methyl sites for hydroxylation is 1. The van der Waals surface area contributed by atoms with Gasteiger partial charge in [-0.15, -0.1) is 11.3 Å². The van der Waals surface area contributed by atoms with Crippen molar-refractivity contribution in [1.82, 2.24) is 0 Å². The SMILES string of the molecule is CCOCCC(=O)Nc1c(C)csc1C(=O)O. The number of carboxylic acid groups (broad SMARTS) is 1. The van der Waals surface area contributed by atoms with Gasteiger partial charge in [-0.25, -0.2) is 4.79 Å². The Morgan fingerprint density at radius 1 is 1.53 bits per heavy atom. The Morgan fingerprint density at radius 2 is 2.24 bits per heavy atom. The third-order valence-corrected chi connectivity index (χ3v) is 3.20. The van der Waals surface area contributed by atoms with E-state index >= 15 is 0 Å². The summed E-state index contributed by atoms with van der Waals surface area (Å²) in [6.45, 7) is 4.52. The van der Waals surface area contributed by atoms with Crippen molar-refractivity contribution in [3.8, 4) is 0 Å². The lowest BCUT2D eigenvalue weighted by Crippen LogP contribution is -2.16. The zero-order valence-electron chi connectivity index (χ0n) is 9.78. The summed E-state index contributed by atoms with van der Waals surface area (Å²) in [7, 11) is 0. The predicted molar refractivity (Wildman–Crippen MR) is 65.8 cm³/mol. The van der Waals surface area contributed by atoms with Gasteiger partial charge in [0.15, 0.2) is 0 Å². The van der Waals surface area contributed by atoms with Gasteiger partial charge < -0.3 is 15.2 Å². The van der Waals surface area contributed by atoms with Crippen LogP contribution in [0.25, 0.3) is 0 Å². The van der Waals surface area contributed by atoms with Crippen LogP contribution < -0.4 is 5.32 Å². The predicted octanol–water partition coefficient (Wildman–Crippen LogP) is 2.12. The van der Waals surface area contributed by atoms with Gasteiger partial charge in [-0.3, -0.25) is 4.79 Å². The van der Waals surface area contributed by atoms with Crippen LogP contribution in [0, 0.1) is 6.92 Å². The summed E-state index contributed by atoms with van der Waals surface area (Å²) in [5.41, 5.74) is 1.15. The van der Waals surface area contributed by atoms with Crippen molar-refractivity contribution in [2.24, 2.45) is 0 Å². The number of thiophene rings is 1. The molecule has 0 radical (unpaired) electrons. The highest BCUT2D eigenvalue weighted by Gasteiger charge is 2.16. The van der Waals surface area contributed by atoms with Crippen LogP contribution in [0.2, 0.25) is 0 Å². The molecule has 6 heteroatoms. The number of carboxylic acids is 1. The maximum absolute atomic E-state index is 11.5. The van der Waals surface area contributed by atoms with Crippen molar-refractivity contribution >= 4 is 28.9 Å². The summed E-state index contributed by atoms with van der Waals surface area (Å²) in [6, 6.07) is 0. The van der Waals surface area contributed by atoms with E-state index < -0.39 is 5.97 Å². The molecule has 5 nitrogen and oxygen atoms in total. The quantitative estimate of drug-likeness (QED) is 0.765. The van der Waals surface area contributed by atoms with Gasteiger partial charge in [-0.1, -0.05) is 0 Å². The van der Waals surface area contributed by atoms with Gasteiger partial charge in [-0.2, -0.15) is 0 Å². The lowest BCUT2D eigenvalue weighted by molar-refractivity contribution is -0.117. The van der Waals surface area contributed by atoms with E-state index in [1.165, 1.54) is 0 Å². The molecule has 0 saturated carbocycles. The molecule has 0 spiro atoms. The molecule has 2 N–H and O–H groups in total. The molecular weight excluding hydrogens is 242 g/mol. The normalized spacial score (nSPS) is 10.2. The fourth-order valence-corrected chi connectivity index (χ4v) is 2.11. The van der Waals surface area contributed by atoms with Gasteiger partial charge in [0.25, 0.3) is 0 Å². The first-order chi connectivity index (χ1) is 8.06. The second kappa shape index (κ2) is 6.36. The molecule has 0 aliphatic carbocycles. The molecule has 94 valence electrons. The highest BCUT2D eigenvalue weighted by Crippen LogP contribution is 2.27. The number of ether oxygens (including phenoxy) is 1. The van der Waals surface area contributed by atoms with Crippen molar-refractivity contribution in [2.75, 3.05) is 18.5 Å². The van der Waals surface area contributed by atoms with Crippen LogP contribution in [0.4, 0.5) is 5.69 Å². The van der Waals surface area contributed by atoms with Crippen LogP contribution >= 0.6 is 11.3 Å². The minimum absolute atomic E-state index is 0.159. The number of carbonyl (C=O) groups excluding carboxylic acids is 1. The van der Waals surface area contributed by atoms with E-state index in [0.717, 1.165) is 16.9 Å². The van der Waals surface area contributed by atoms with Crippen molar-refractivity contribution in [3.05, 3.63) is 15.8 Å². The number of aromatic carboxylic acids is 1. The van der Waals surface area contributed by atoms with Gasteiger partial charge in [0, 0.05) is 6.61 Å². The molecule has 0 aliphatic heterocycles. The number of hydrogen-bond acceptors (Lipinski definition) is 4. The molecule has 0 unspecified atom stereocenters. The van der Waals surface area contributed by atoms with E-state index in [9.17, 15) is 9.59 Å². The van der Waals surface area contributed by atoms with Crippen molar-refractivity contribution < 1.29 is 19.4 Å². The number of nitrogens with one attached hydrogen (secondary N) is 1. The first-order valence-corrected chi connectivity index (χ1v) is 6.13. The van der Waals surface area contributed by atoms with Crippen molar-refractivity contribution in [3.63, 3.8) is 0 Å². The third-order valence-electron chi connectivity index (χ3n) is 2.11. The maximum atomic E-state index is 11.5. The molecule has 1 rings (SSSR count). The first kappa shape index (κ1) is 13.7. The van der Waals surface area contributed by atoms with Crippen LogP contribution in [-0.2, 0) is 9.53 Å². The molecule has 0 atom stereocenters. The lowest BCUT2D eigenvalue weighted by atomic mass is 10.2. The molecule has 0 fully saturated rings. The van der Waals surface area contributed by atoms with Gasteiger partial charge >= 0.3 is 5.97 Å². The van der Waals surface area contributed by atoms with Gasteiger partial charge in [0.1, 0.15) is 4.88 Å². The molecule has 0 aromatic carbocycles. The van der Waals surface area contributed by atoms with Crippen molar-refractivity contribution in [1.29, 1.82) is 0 Å². The van der Waals surface area contributed by atoms with Crippen molar-refractivity contribution in [2.45, 2.75) is 20.3 Å². The lowest BCUT2D eigenvalue weighted by Gasteiger charge is -2.06. The third kappa shape index (κ3) is 3.83. The molecule has 0 aliphatic rings.